The summed E-state index contributed by atoms with van der Waals surface area (Å²) < 4.78 is 10.7. The smallest absolute Gasteiger partial charge is 0.134 e. The number of nitriles is 1. The van der Waals surface area contributed by atoms with Crippen molar-refractivity contribution >= 4 is 23.0 Å². The summed E-state index contributed by atoms with van der Waals surface area (Å²) in [6.07, 6.45) is 1.82. The zero-order valence-corrected chi connectivity index (χ0v) is 15.4. The van der Waals surface area contributed by atoms with E-state index in [0.29, 0.717) is 17.2 Å². The molecule has 3 rings (SSSR count). The fraction of sp³-hybridized carbons (Fsp3) is 0.143. The number of rotatable bonds is 6. The average Bonchev–Trinajstić information content (AvgIpc) is 3.17. The van der Waals surface area contributed by atoms with E-state index in [4.69, 9.17) is 9.47 Å². The maximum absolute atomic E-state index is 9.54. The van der Waals surface area contributed by atoms with Crippen LogP contribution in [0.5, 0.6) is 11.5 Å². The molecule has 4 nitrogen and oxygen atoms in total. The van der Waals surface area contributed by atoms with Gasteiger partial charge in [0.15, 0.2) is 0 Å². The van der Waals surface area contributed by atoms with Gasteiger partial charge in [-0.15, -0.1) is 11.3 Å². The molecule has 1 heterocycles. The van der Waals surface area contributed by atoms with Crippen molar-refractivity contribution < 1.29 is 9.47 Å². The molecule has 0 saturated heterocycles. The van der Waals surface area contributed by atoms with E-state index < -0.39 is 0 Å². The molecule has 2 aromatic carbocycles. The number of allylic oxidation sites excluding steroid dienone is 1. The lowest BCUT2D eigenvalue weighted by atomic mass is 10.1. The van der Waals surface area contributed by atoms with E-state index in [-0.39, 0.29) is 0 Å². The van der Waals surface area contributed by atoms with Crippen molar-refractivity contribution in [2.24, 2.45) is 0 Å². The summed E-state index contributed by atoms with van der Waals surface area (Å²) in [4.78, 5) is 4.62. The van der Waals surface area contributed by atoms with Crippen LogP contribution in [0.15, 0.2) is 53.9 Å². The molecule has 0 N–H and O–H groups in total. The van der Waals surface area contributed by atoms with E-state index in [0.717, 1.165) is 28.3 Å². The molecule has 0 aliphatic rings. The van der Waals surface area contributed by atoms with Gasteiger partial charge in [-0.1, -0.05) is 12.1 Å². The summed E-state index contributed by atoms with van der Waals surface area (Å²) in [5.74, 6) is 1.59. The number of methoxy groups -OCH3 is 1. The monoisotopic (exact) mass is 362 g/mol. The minimum absolute atomic E-state index is 0.528. The molecule has 5 heteroatoms. The molecule has 0 fully saturated rings. The molecule has 26 heavy (non-hydrogen) atoms. The van der Waals surface area contributed by atoms with E-state index in [2.05, 4.69) is 11.1 Å². The molecule has 0 unspecified atom stereocenters. The Hall–Kier alpha value is -3.10. The number of aromatic nitrogens is 1. The van der Waals surface area contributed by atoms with Crippen LogP contribution < -0.4 is 9.47 Å². The summed E-state index contributed by atoms with van der Waals surface area (Å²) in [5.41, 5.74) is 3.27. The Morgan fingerprint density at radius 3 is 2.69 bits per heavy atom. The van der Waals surface area contributed by atoms with Gasteiger partial charge in [-0.2, -0.15) is 5.26 Å². The Morgan fingerprint density at radius 2 is 2.00 bits per heavy atom. The number of benzene rings is 2. The Balaban J connectivity index is 1.87. The first-order chi connectivity index (χ1) is 12.7. The molecule has 0 radical (unpaired) electrons. The fourth-order valence-electron chi connectivity index (χ4n) is 2.46. The minimum atomic E-state index is 0.528. The van der Waals surface area contributed by atoms with Crippen LogP contribution in [-0.2, 0) is 0 Å². The highest BCUT2D eigenvalue weighted by Gasteiger charge is 2.09. The molecule has 0 amide bonds. The van der Waals surface area contributed by atoms with Crippen molar-refractivity contribution in [3.8, 4) is 28.8 Å². The van der Waals surface area contributed by atoms with Crippen LogP contribution in [0.4, 0.5) is 0 Å². The predicted octanol–water partition coefficient (Wildman–Crippen LogP) is 5.28. The molecule has 0 atom stereocenters. The summed E-state index contributed by atoms with van der Waals surface area (Å²) >= 11 is 1.46. The van der Waals surface area contributed by atoms with Crippen molar-refractivity contribution in [2.75, 3.05) is 13.7 Å². The van der Waals surface area contributed by atoms with E-state index in [1.54, 1.807) is 7.11 Å². The number of nitrogens with zero attached hydrogens (tertiary/aromatic N) is 2. The molecular formula is C21H18N2O2S. The Morgan fingerprint density at radius 1 is 1.19 bits per heavy atom. The zero-order chi connectivity index (χ0) is 18.4. The largest absolute Gasteiger partial charge is 0.497 e. The topological polar surface area (TPSA) is 55.1 Å². The van der Waals surface area contributed by atoms with Gasteiger partial charge in [-0.05, 0) is 55.0 Å². The standard InChI is InChI=1S/C21H18N2O2S/c1-3-25-18-9-7-16(8-10-18)20-14-26-21(23-20)17(13-22)11-15-5-4-6-19(12-15)24-2/h4-12,14H,3H2,1-2H3/b17-11+. The van der Waals surface area contributed by atoms with Gasteiger partial charge >= 0.3 is 0 Å². The number of ether oxygens (including phenoxy) is 2. The van der Waals surface area contributed by atoms with Crippen molar-refractivity contribution in [1.82, 2.24) is 4.98 Å². The highest BCUT2D eigenvalue weighted by Crippen LogP contribution is 2.28. The molecule has 0 saturated carbocycles. The van der Waals surface area contributed by atoms with Crippen LogP contribution in [-0.4, -0.2) is 18.7 Å². The minimum Gasteiger partial charge on any atom is -0.497 e. The maximum atomic E-state index is 9.54. The average molecular weight is 362 g/mol. The van der Waals surface area contributed by atoms with Crippen LogP contribution in [0, 0.1) is 11.3 Å². The highest BCUT2D eigenvalue weighted by atomic mass is 32.1. The SMILES string of the molecule is CCOc1ccc(-c2csc(/C(C#N)=C/c3cccc(OC)c3)n2)cc1. The van der Waals surface area contributed by atoms with Crippen LogP contribution >= 0.6 is 11.3 Å². The summed E-state index contributed by atoms with van der Waals surface area (Å²) in [7, 11) is 1.62. The van der Waals surface area contributed by atoms with Gasteiger partial charge < -0.3 is 9.47 Å². The molecule has 1 aromatic heterocycles. The molecular weight excluding hydrogens is 344 g/mol. The first-order valence-corrected chi connectivity index (χ1v) is 9.06. The lowest BCUT2D eigenvalue weighted by Crippen LogP contribution is -1.90. The normalized spacial score (nSPS) is 11.0. The number of hydrogen-bond donors (Lipinski definition) is 0. The Kier molecular flexibility index (Phi) is 5.67. The van der Waals surface area contributed by atoms with E-state index in [1.807, 2.05) is 66.9 Å². The first-order valence-electron chi connectivity index (χ1n) is 8.18. The summed E-state index contributed by atoms with van der Waals surface area (Å²) in [6, 6.07) is 17.6. The van der Waals surface area contributed by atoms with Gasteiger partial charge in [-0.25, -0.2) is 4.98 Å². The van der Waals surface area contributed by atoms with Crippen LogP contribution in [0.25, 0.3) is 22.9 Å². The maximum Gasteiger partial charge on any atom is 0.134 e. The van der Waals surface area contributed by atoms with Crippen molar-refractivity contribution in [1.29, 1.82) is 5.26 Å². The predicted molar refractivity (Wildman–Crippen MR) is 105 cm³/mol. The Labute approximate surface area is 157 Å². The van der Waals surface area contributed by atoms with E-state index in [1.165, 1.54) is 11.3 Å². The van der Waals surface area contributed by atoms with Crippen molar-refractivity contribution in [2.45, 2.75) is 6.92 Å². The van der Waals surface area contributed by atoms with Gasteiger partial charge in [0.05, 0.1) is 25.0 Å². The quantitative estimate of drug-likeness (QED) is 0.560. The molecule has 0 aliphatic heterocycles. The van der Waals surface area contributed by atoms with Gasteiger partial charge in [-0.3, -0.25) is 0 Å². The third-order valence-corrected chi connectivity index (χ3v) is 4.60. The van der Waals surface area contributed by atoms with E-state index in [9.17, 15) is 5.26 Å². The third-order valence-electron chi connectivity index (χ3n) is 3.72. The molecule has 130 valence electrons. The van der Waals surface area contributed by atoms with Gasteiger partial charge in [0, 0.05) is 10.9 Å². The van der Waals surface area contributed by atoms with Crippen molar-refractivity contribution in [3.63, 3.8) is 0 Å². The van der Waals surface area contributed by atoms with Crippen LogP contribution in [0.1, 0.15) is 17.5 Å². The lowest BCUT2D eigenvalue weighted by molar-refractivity contribution is 0.340. The molecule has 0 aliphatic carbocycles. The van der Waals surface area contributed by atoms with Gasteiger partial charge in [0.25, 0.3) is 0 Å². The Bertz CT molecular complexity index is 953. The second-order valence-corrected chi connectivity index (χ2v) is 6.30. The fourth-order valence-corrected chi connectivity index (χ4v) is 3.25. The lowest BCUT2D eigenvalue weighted by Gasteiger charge is -2.03. The van der Waals surface area contributed by atoms with Gasteiger partial charge in [0.1, 0.15) is 22.6 Å². The van der Waals surface area contributed by atoms with Crippen LogP contribution in [0.2, 0.25) is 0 Å². The van der Waals surface area contributed by atoms with Crippen molar-refractivity contribution in [3.05, 3.63) is 64.5 Å². The zero-order valence-electron chi connectivity index (χ0n) is 14.6. The third kappa shape index (κ3) is 4.11. The molecule has 0 bridgehead atoms. The number of hydrogen-bond acceptors (Lipinski definition) is 5. The molecule has 3 aromatic rings. The second-order valence-electron chi connectivity index (χ2n) is 5.44. The molecule has 0 spiro atoms. The van der Waals surface area contributed by atoms with E-state index >= 15 is 0 Å². The summed E-state index contributed by atoms with van der Waals surface area (Å²) in [5, 5.41) is 12.2. The second kappa shape index (κ2) is 8.32. The van der Waals surface area contributed by atoms with Gasteiger partial charge in [0.2, 0.25) is 0 Å². The number of thiazole rings is 1. The van der Waals surface area contributed by atoms with Crippen LogP contribution in [0.3, 0.4) is 0 Å². The highest BCUT2D eigenvalue weighted by molar-refractivity contribution is 7.11. The first kappa shape index (κ1) is 17.7. The summed E-state index contributed by atoms with van der Waals surface area (Å²) in [6.45, 7) is 2.60.